The molecule has 19 heavy (non-hydrogen) atoms. The van der Waals surface area contributed by atoms with Gasteiger partial charge in [-0.25, -0.2) is 4.79 Å². The van der Waals surface area contributed by atoms with E-state index in [0.717, 1.165) is 5.57 Å². The Kier molecular flexibility index (Phi) is 4.87. The predicted molar refractivity (Wildman–Crippen MR) is 75.4 cm³/mol. The average molecular weight is 261 g/mol. The molecule has 0 aliphatic carbocycles. The molecule has 1 aromatic carbocycles. The normalized spacial score (nSPS) is 11.7. The molecule has 0 radical (unpaired) electrons. The van der Waals surface area contributed by atoms with Gasteiger partial charge in [0.05, 0.1) is 5.56 Å². The van der Waals surface area contributed by atoms with Crippen molar-refractivity contribution in [2.75, 3.05) is 5.32 Å². The number of allylic oxidation sites excluding steroid dienone is 1. The number of aryl methyl sites for hydroxylation is 1. The fraction of sp³-hybridized carbons (Fsp3) is 0.333. The first kappa shape index (κ1) is 15.0. The Morgan fingerprint density at radius 2 is 2.05 bits per heavy atom. The highest BCUT2D eigenvalue weighted by molar-refractivity contribution is 5.95. The lowest BCUT2D eigenvalue weighted by Gasteiger charge is -2.13. The molecule has 0 saturated heterocycles. The van der Waals surface area contributed by atoms with Crippen molar-refractivity contribution in [1.82, 2.24) is 0 Å². The summed E-state index contributed by atoms with van der Waals surface area (Å²) in [4.78, 5) is 22.9. The number of amides is 1. The van der Waals surface area contributed by atoms with E-state index >= 15 is 0 Å². The van der Waals surface area contributed by atoms with E-state index in [1.807, 2.05) is 13.8 Å². The standard InChI is InChI=1S/C15H19NO3/c1-9(2)7-11(4)14(17)16-12-6-5-10(3)13(8-12)15(18)19/h5-6,8,11H,1,7H2,2-4H3,(H,16,17)(H,18,19). The number of rotatable bonds is 5. The van der Waals surface area contributed by atoms with Crippen LogP contribution in [0.4, 0.5) is 5.69 Å². The highest BCUT2D eigenvalue weighted by Crippen LogP contribution is 2.17. The number of anilines is 1. The number of carboxylic acid groups (broad SMARTS) is 1. The largest absolute Gasteiger partial charge is 0.478 e. The first-order valence-corrected chi connectivity index (χ1v) is 6.10. The monoisotopic (exact) mass is 261 g/mol. The number of nitrogens with one attached hydrogen (secondary N) is 1. The predicted octanol–water partition coefficient (Wildman–Crippen LogP) is 3.23. The van der Waals surface area contributed by atoms with Gasteiger partial charge in [-0.2, -0.15) is 0 Å². The molecular formula is C15H19NO3. The van der Waals surface area contributed by atoms with Crippen LogP contribution in [-0.4, -0.2) is 17.0 Å². The second kappa shape index (κ2) is 6.18. The van der Waals surface area contributed by atoms with E-state index in [1.165, 1.54) is 6.07 Å². The lowest BCUT2D eigenvalue weighted by atomic mass is 10.0. The molecule has 4 nitrogen and oxygen atoms in total. The van der Waals surface area contributed by atoms with Crippen molar-refractivity contribution in [1.29, 1.82) is 0 Å². The van der Waals surface area contributed by atoms with Crippen LogP contribution in [0.15, 0.2) is 30.4 Å². The molecule has 0 bridgehead atoms. The van der Waals surface area contributed by atoms with Crippen molar-refractivity contribution < 1.29 is 14.7 Å². The Balaban J connectivity index is 2.83. The molecule has 0 fully saturated rings. The molecule has 4 heteroatoms. The summed E-state index contributed by atoms with van der Waals surface area (Å²) in [6, 6.07) is 4.86. The van der Waals surface area contributed by atoms with Gasteiger partial charge >= 0.3 is 5.97 Å². The molecule has 1 amide bonds. The Labute approximate surface area is 113 Å². The van der Waals surface area contributed by atoms with Crippen LogP contribution in [0, 0.1) is 12.8 Å². The number of carbonyl (C=O) groups is 2. The van der Waals surface area contributed by atoms with Crippen molar-refractivity contribution in [3.63, 3.8) is 0 Å². The van der Waals surface area contributed by atoms with E-state index in [9.17, 15) is 9.59 Å². The smallest absolute Gasteiger partial charge is 0.336 e. The minimum Gasteiger partial charge on any atom is -0.478 e. The third kappa shape index (κ3) is 4.25. The molecule has 0 aliphatic rings. The van der Waals surface area contributed by atoms with Gasteiger partial charge in [0.25, 0.3) is 0 Å². The third-order valence-electron chi connectivity index (χ3n) is 2.84. The zero-order valence-electron chi connectivity index (χ0n) is 11.5. The van der Waals surface area contributed by atoms with Gasteiger partial charge in [-0.05, 0) is 38.0 Å². The molecule has 1 rings (SSSR count). The molecule has 102 valence electrons. The van der Waals surface area contributed by atoms with Crippen molar-refractivity contribution in [2.24, 2.45) is 5.92 Å². The summed E-state index contributed by atoms with van der Waals surface area (Å²) in [5.74, 6) is -1.32. The van der Waals surface area contributed by atoms with Crippen molar-refractivity contribution in [3.8, 4) is 0 Å². The zero-order valence-corrected chi connectivity index (χ0v) is 11.5. The molecule has 0 aliphatic heterocycles. The van der Waals surface area contributed by atoms with Crippen LogP contribution < -0.4 is 5.32 Å². The summed E-state index contributed by atoms with van der Waals surface area (Å²) in [5.41, 5.74) is 2.31. The van der Waals surface area contributed by atoms with Gasteiger partial charge < -0.3 is 10.4 Å². The molecule has 1 atom stereocenters. The lowest BCUT2D eigenvalue weighted by Crippen LogP contribution is -2.20. The summed E-state index contributed by atoms with van der Waals surface area (Å²) in [5, 5.41) is 11.8. The van der Waals surface area contributed by atoms with E-state index in [1.54, 1.807) is 19.1 Å². The molecule has 0 aromatic heterocycles. The summed E-state index contributed by atoms with van der Waals surface area (Å²) in [6.07, 6.45) is 0.615. The van der Waals surface area contributed by atoms with E-state index in [4.69, 9.17) is 5.11 Å². The number of carboxylic acids is 1. The third-order valence-corrected chi connectivity index (χ3v) is 2.84. The Morgan fingerprint density at radius 1 is 1.42 bits per heavy atom. The van der Waals surface area contributed by atoms with E-state index in [2.05, 4.69) is 11.9 Å². The zero-order chi connectivity index (χ0) is 14.6. The summed E-state index contributed by atoms with van der Waals surface area (Å²) >= 11 is 0. The van der Waals surface area contributed by atoms with Gasteiger partial charge in [-0.3, -0.25) is 4.79 Å². The van der Waals surface area contributed by atoms with Crippen molar-refractivity contribution in [3.05, 3.63) is 41.5 Å². The first-order valence-electron chi connectivity index (χ1n) is 6.10. The van der Waals surface area contributed by atoms with E-state index < -0.39 is 5.97 Å². The van der Waals surface area contributed by atoms with Crippen LogP contribution in [0.2, 0.25) is 0 Å². The molecular weight excluding hydrogens is 242 g/mol. The quantitative estimate of drug-likeness (QED) is 0.800. The lowest BCUT2D eigenvalue weighted by molar-refractivity contribution is -0.119. The maximum absolute atomic E-state index is 11.9. The first-order chi connectivity index (χ1) is 8.81. The summed E-state index contributed by atoms with van der Waals surface area (Å²) in [6.45, 7) is 9.19. The minimum atomic E-state index is -0.997. The van der Waals surface area contributed by atoms with E-state index in [0.29, 0.717) is 17.7 Å². The second-order valence-corrected chi connectivity index (χ2v) is 4.89. The number of aromatic carboxylic acids is 1. The van der Waals surface area contributed by atoms with E-state index in [-0.39, 0.29) is 17.4 Å². The Bertz CT molecular complexity index is 520. The number of carbonyl (C=O) groups excluding carboxylic acids is 1. The Morgan fingerprint density at radius 3 is 2.58 bits per heavy atom. The fourth-order valence-electron chi connectivity index (χ4n) is 1.81. The number of hydrogen-bond acceptors (Lipinski definition) is 2. The summed E-state index contributed by atoms with van der Waals surface area (Å²) in [7, 11) is 0. The highest BCUT2D eigenvalue weighted by atomic mass is 16.4. The molecule has 0 heterocycles. The van der Waals surface area contributed by atoms with Gasteiger partial charge in [-0.1, -0.05) is 18.6 Å². The maximum Gasteiger partial charge on any atom is 0.336 e. The van der Waals surface area contributed by atoms with Crippen LogP contribution in [-0.2, 0) is 4.79 Å². The van der Waals surface area contributed by atoms with Gasteiger partial charge in [-0.15, -0.1) is 6.58 Å². The van der Waals surface area contributed by atoms with Crippen molar-refractivity contribution >= 4 is 17.6 Å². The van der Waals surface area contributed by atoms with Gasteiger partial charge in [0.1, 0.15) is 0 Å². The van der Waals surface area contributed by atoms with Crippen LogP contribution in [0.3, 0.4) is 0 Å². The van der Waals surface area contributed by atoms with Crippen LogP contribution >= 0.6 is 0 Å². The molecule has 0 spiro atoms. The van der Waals surface area contributed by atoms with Crippen LogP contribution in [0.5, 0.6) is 0 Å². The fourth-order valence-corrected chi connectivity index (χ4v) is 1.81. The van der Waals surface area contributed by atoms with Crippen LogP contribution in [0.1, 0.15) is 36.2 Å². The Hall–Kier alpha value is -2.10. The molecule has 1 aromatic rings. The number of benzene rings is 1. The second-order valence-electron chi connectivity index (χ2n) is 4.89. The van der Waals surface area contributed by atoms with Crippen LogP contribution in [0.25, 0.3) is 0 Å². The molecule has 2 N–H and O–H groups in total. The highest BCUT2D eigenvalue weighted by Gasteiger charge is 2.14. The number of hydrogen-bond donors (Lipinski definition) is 2. The van der Waals surface area contributed by atoms with Gasteiger partial charge in [0.15, 0.2) is 0 Å². The minimum absolute atomic E-state index is 0.136. The van der Waals surface area contributed by atoms with Crippen molar-refractivity contribution in [2.45, 2.75) is 27.2 Å². The van der Waals surface area contributed by atoms with Gasteiger partial charge in [0, 0.05) is 11.6 Å². The van der Waals surface area contributed by atoms with Gasteiger partial charge in [0.2, 0.25) is 5.91 Å². The maximum atomic E-state index is 11.9. The molecule has 0 saturated carbocycles. The SMILES string of the molecule is C=C(C)CC(C)C(=O)Nc1ccc(C)c(C(=O)O)c1. The topological polar surface area (TPSA) is 66.4 Å². The average Bonchev–Trinajstić information content (AvgIpc) is 2.30. The summed E-state index contributed by atoms with van der Waals surface area (Å²) < 4.78 is 0. The molecule has 1 unspecified atom stereocenters.